The molecular formula is C22H31N5O3S2. The fourth-order valence-corrected chi connectivity index (χ4v) is 6.52. The van der Waals surface area contributed by atoms with Crippen molar-refractivity contribution < 1.29 is 13.2 Å². The Morgan fingerprint density at radius 2 is 1.75 bits per heavy atom. The largest absolute Gasteiger partial charge is 0.325 e. The molecule has 1 amide bonds. The lowest BCUT2D eigenvalue weighted by molar-refractivity contribution is -0.113. The van der Waals surface area contributed by atoms with Crippen molar-refractivity contribution >= 4 is 33.4 Å². The van der Waals surface area contributed by atoms with Gasteiger partial charge in [-0.05, 0) is 43.0 Å². The van der Waals surface area contributed by atoms with Crippen LogP contribution in [0.1, 0.15) is 57.2 Å². The zero-order chi connectivity index (χ0) is 22.4. The summed E-state index contributed by atoms with van der Waals surface area (Å²) in [5, 5.41) is 10.6. The SMILES string of the molecule is O=C(CSc1n[nH]c(CC2CCCC2)n1)Nc1ccc(S(=O)(=O)N2CCCCCC2)cc1. The number of carbonyl (C=O) groups excluding carboxylic acids is 1. The van der Waals surface area contributed by atoms with Crippen LogP contribution in [0.5, 0.6) is 0 Å². The Kier molecular flexibility index (Phi) is 7.85. The van der Waals surface area contributed by atoms with Crippen LogP contribution in [0.25, 0.3) is 0 Å². The van der Waals surface area contributed by atoms with Crippen LogP contribution in [0, 0.1) is 5.92 Å². The van der Waals surface area contributed by atoms with Crippen molar-refractivity contribution in [1.29, 1.82) is 0 Å². The Morgan fingerprint density at radius 1 is 1.06 bits per heavy atom. The zero-order valence-electron chi connectivity index (χ0n) is 18.3. The molecule has 1 aromatic carbocycles. The van der Waals surface area contributed by atoms with Crippen molar-refractivity contribution in [3.8, 4) is 0 Å². The van der Waals surface area contributed by atoms with Crippen LogP contribution in [-0.4, -0.2) is 52.7 Å². The van der Waals surface area contributed by atoms with Crippen LogP contribution in [0.2, 0.25) is 0 Å². The number of sulfonamides is 1. The zero-order valence-corrected chi connectivity index (χ0v) is 19.9. The van der Waals surface area contributed by atoms with Crippen LogP contribution >= 0.6 is 11.8 Å². The van der Waals surface area contributed by atoms with Gasteiger partial charge in [0.1, 0.15) is 5.82 Å². The van der Waals surface area contributed by atoms with Crippen LogP contribution < -0.4 is 5.32 Å². The van der Waals surface area contributed by atoms with Gasteiger partial charge < -0.3 is 5.32 Å². The first-order valence-electron chi connectivity index (χ1n) is 11.4. The lowest BCUT2D eigenvalue weighted by Gasteiger charge is -2.20. The fraction of sp³-hybridized carbons (Fsp3) is 0.591. The Bertz CT molecular complexity index is 993. The lowest BCUT2D eigenvalue weighted by atomic mass is 10.0. The molecule has 174 valence electrons. The Morgan fingerprint density at radius 3 is 2.44 bits per heavy atom. The molecular weight excluding hydrogens is 446 g/mol. The molecule has 1 saturated heterocycles. The number of benzene rings is 1. The number of hydrogen-bond acceptors (Lipinski definition) is 6. The molecule has 0 atom stereocenters. The maximum Gasteiger partial charge on any atom is 0.243 e. The summed E-state index contributed by atoms with van der Waals surface area (Å²) >= 11 is 1.29. The van der Waals surface area contributed by atoms with Crippen LogP contribution in [-0.2, 0) is 21.2 Å². The fourth-order valence-electron chi connectivity index (χ4n) is 4.39. The van der Waals surface area contributed by atoms with Gasteiger partial charge in [0, 0.05) is 25.2 Å². The third kappa shape index (κ3) is 6.11. The predicted octanol–water partition coefficient (Wildman–Crippen LogP) is 3.83. The van der Waals surface area contributed by atoms with Crippen molar-refractivity contribution in [3.63, 3.8) is 0 Å². The van der Waals surface area contributed by atoms with Crippen LogP contribution in [0.15, 0.2) is 34.3 Å². The number of hydrogen-bond donors (Lipinski definition) is 2. The van der Waals surface area contributed by atoms with E-state index < -0.39 is 10.0 Å². The molecule has 2 N–H and O–H groups in total. The summed E-state index contributed by atoms with van der Waals surface area (Å²) in [6.45, 7) is 1.14. The molecule has 1 aromatic heterocycles. The molecule has 32 heavy (non-hydrogen) atoms. The van der Waals surface area contributed by atoms with E-state index in [-0.39, 0.29) is 16.6 Å². The van der Waals surface area contributed by atoms with E-state index in [1.807, 2.05) is 0 Å². The second-order valence-electron chi connectivity index (χ2n) is 8.60. The van der Waals surface area contributed by atoms with E-state index >= 15 is 0 Å². The summed E-state index contributed by atoms with van der Waals surface area (Å²) in [4.78, 5) is 17.1. The predicted molar refractivity (Wildman–Crippen MR) is 125 cm³/mol. The molecule has 0 unspecified atom stereocenters. The van der Waals surface area contributed by atoms with E-state index in [4.69, 9.17) is 0 Å². The molecule has 4 rings (SSSR count). The summed E-state index contributed by atoms with van der Waals surface area (Å²) in [6, 6.07) is 6.40. The standard InChI is InChI=1S/C22H31N5O3S2/c28-21(16-31-22-24-20(25-26-22)15-17-7-3-4-8-17)23-18-9-11-19(12-10-18)32(29,30)27-13-5-1-2-6-14-27/h9-12,17H,1-8,13-16H2,(H,23,28)(H,24,25,26). The van der Waals surface area contributed by atoms with E-state index in [1.165, 1.54) is 37.4 Å². The summed E-state index contributed by atoms with van der Waals surface area (Å²) in [5.41, 5.74) is 0.572. The van der Waals surface area contributed by atoms with Gasteiger partial charge in [-0.3, -0.25) is 9.89 Å². The van der Waals surface area contributed by atoms with Gasteiger partial charge in [0.15, 0.2) is 0 Å². The highest BCUT2D eigenvalue weighted by Gasteiger charge is 2.25. The number of aromatic amines is 1. The summed E-state index contributed by atoms with van der Waals surface area (Å²) < 4.78 is 27.3. The number of aromatic nitrogens is 3. The number of nitrogens with zero attached hydrogens (tertiary/aromatic N) is 3. The van der Waals surface area contributed by atoms with Gasteiger partial charge in [0.2, 0.25) is 21.1 Å². The van der Waals surface area contributed by atoms with Gasteiger partial charge >= 0.3 is 0 Å². The lowest BCUT2D eigenvalue weighted by Crippen LogP contribution is -2.31. The first kappa shape index (κ1) is 23.3. The minimum Gasteiger partial charge on any atom is -0.325 e. The molecule has 1 aliphatic carbocycles. The highest BCUT2D eigenvalue weighted by atomic mass is 32.2. The van der Waals surface area contributed by atoms with Gasteiger partial charge in [0.25, 0.3) is 0 Å². The highest BCUT2D eigenvalue weighted by molar-refractivity contribution is 7.99. The molecule has 2 aliphatic rings. The normalized spacial score (nSPS) is 18.5. The molecule has 0 bridgehead atoms. The van der Waals surface area contributed by atoms with E-state index in [9.17, 15) is 13.2 Å². The molecule has 10 heteroatoms. The van der Waals surface area contributed by atoms with Gasteiger partial charge in [-0.15, -0.1) is 5.10 Å². The molecule has 8 nitrogen and oxygen atoms in total. The summed E-state index contributed by atoms with van der Waals surface area (Å²) in [7, 11) is -3.49. The average Bonchev–Trinajstić information content (AvgIpc) is 3.38. The molecule has 2 heterocycles. The van der Waals surface area contributed by atoms with E-state index in [0.29, 0.717) is 29.9 Å². The second kappa shape index (κ2) is 10.8. The van der Waals surface area contributed by atoms with E-state index in [1.54, 1.807) is 28.6 Å². The van der Waals surface area contributed by atoms with Gasteiger partial charge in [-0.1, -0.05) is 50.3 Å². The Balaban J connectivity index is 1.27. The Labute approximate surface area is 194 Å². The highest BCUT2D eigenvalue weighted by Crippen LogP contribution is 2.27. The van der Waals surface area contributed by atoms with Crippen molar-refractivity contribution in [3.05, 3.63) is 30.1 Å². The van der Waals surface area contributed by atoms with Gasteiger partial charge in [-0.25, -0.2) is 13.4 Å². The maximum absolute atomic E-state index is 12.9. The van der Waals surface area contributed by atoms with Crippen LogP contribution in [0.3, 0.4) is 0 Å². The molecule has 0 radical (unpaired) electrons. The van der Waals surface area contributed by atoms with E-state index in [0.717, 1.165) is 37.9 Å². The number of thioether (sulfide) groups is 1. The molecule has 2 fully saturated rings. The minimum absolute atomic E-state index is 0.180. The first-order chi connectivity index (χ1) is 15.5. The summed E-state index contributed by atoms with van der Waals surface area (Å²) in [6.07, 6.45) is 9.97. The quantitative estimate of drug-likeness (QED) is 0.560. The number of carbonyl (C=O) groups is 1. The minimum atomic E-state index is -3.49. The summed E-state index contributed by atoms with van der Waals surface area (Å²) in [5.74, 6) is 1.59. The molecule has 0 spiro atoms. The number of amides is 1. The van der Waals surface area contributed by atoms with Crippen molar-refractivity contribution in [2.24, 2.45) is 5.92 Å². The number of anilines is 1. The van der Waals surface area contributed by atoms with Crippen molar-refractivity contribution in [1.82, 2.24) is 19.5 Å². The average molecular weight is 478 g/mol. The third-order valence-corrected chi connectivity index (χ3v) is 8.90. The molecule has 1 aliphatic heterocycles. The monoisotopic (exact) mass is 477 g/mol. The smallest absolute Gasteiger partial charge is 0.243 e. The van der Waals surface area contributed by atoms with Crippen molar-refractivity contribution in [2.75, 3.05) is 24.2 Å². The maximum atomic E-state index is 12.9. The van der Waals surface area contributed by atoms with E-state index in [2.05, 4.69) is 20.5 Å². The van der Waals surface area contributed by atoms with Crippen molar-refractivity contribution in [2.45, 2.75) is 67.8 Å². The molecule has 1 saturated carbocycles. The number of nitrogens with one attached hydrogen (secondary N) is 2. The van der Waals surface area contributed by atoms with Gasteiger partial charge in [-0.2, -0.15) is 4.31 Å². The third-order valence-electron chi connectivity index (χ3n) is 6.14. The number of rotatable bonds is 8. The van der Waals surface area contributed by atoms with Gasteiger partial charge in [0.05, 0.1) is 10.6 Å². The number of H-pyrrole nitrogens is 1. The first-order valence-corrected chi connectivity index (χ1v) is 13.9. The second-order valence-corrected chi connectivity index (χ2v) is 11.5. The Hall–Kier alpha value is -1.91. The molecule has 2 aromatic rings. The van der Waals surface area contributed by atoms with Crippen LogP contribution in [0.4, 0.5) is 5.69 Å². The topological polar surface area (TPSA) is 108 Å².